The number of halogens is 2. The van der Waals surface area contributed by atoms with E-state index in [4.69, 9.17) is 23.2 Å². The van der Waals surface area contributed by atoms with E-state index in [1.807, 2.05) is 49.4 Å². The Hall–Kier alpha value is -2.83. The number of carbonyl (C=O) groups is 1. The maximum atomic E-state index is 11.9. The van der Waals surface area contributed by atoms with Crippen LogP contribution in [0.15, 0.2) is 59.7 Å². The van der Waals surface area contributed by atoms with Gasteiger partial charge >= 0.3 is 0 Å². The Morgan fingerprint density at radius 3 is 2.70 bits per heavy atom. The molecule has 0 saturated heterocycles. The molecule has 0 atom stereocenters. The van der Waals surface area contributed by atoms with Gasteiger partial charge in [-0.2, -0.15) is 10.2 Å². The third-order valence-electron chi connectivity index (χ3n) is 3.71. The van der Waals surface area contributed by atoms with Crippen molar-refractivity contribution in [2.75, 3.05) is 11.9 Å². The van der Waals surface area contributed by atoms with Crippen molar-refractivity contribution in [1.29, 1.82) is 0 Å². The second-order valence-electron chi connectivity index (χ2n) is 5.69. The first-order valence-corrected chi connectivity index (χ1v) is 8.92. The number of hydrazone groups is 1. The predicted molar refractivity (Wildman–Crippen MR) is 109 cm³/mol. The van der Waals surface area contributed by atoms with Gasteiger partial charge in [0.15, 0.2) is 0 Å². The number of aromatic nitrogens is 2. The molecule has 0 spiro atoms. The Balaban J connectivity index is 1.64. The lowest BCUT2D eigenvalue weighted by atomic mass is 10.3. The van der Waals surface area contributed by atoms with Crippen LogP contribution in [-0.4, -0.2) is 28.4 Å². The molecule has 0 unspecified atom stereocenters. The molecule has 138 valence electrons. The third-order valence-corrected chi connectivity index (χ3v) is 4.31. The lowest BCUT2D eigenvalue weighted by molar-refractivity contribution is -0.119. The van der Waals surface area contributed by atoms with Gasteiger partial charge in [0.25, 0.3) is 5.91 Å². The van der Waals surface area contributed by atoms with Crippen molar-refractivity contribution in [2.45, 2.75) is 6.92 Å². The fourth-order valence-corrected chi connectivity index (χ4v) is 2.89. The summed E-state index contributed by atoms with van der Waals surface area (Å²) in [6, 6.07) is 16.6. The van der Waals surface area contributed by atoms with Crippen LogP contribution < -0.4 is 10.7 Å². The fraction of sp³-hybridized carbons (Fsp3) is 0.105. The summed E-state index contributed by atoms with van der Waals surface area (Å²) in [5, 5.41) is 12.4. The zero-order valence-electron chi connectivity index (χ0n) is 14.5. The van der Waals surface area contributed by atoms with E-state index in [1.165, 1.54) is 6.21 Å². The van der Waals surface area contributed by atoms with Crippen molar-refractivity contribution < 1.29 is 4.79 Å². The number of hydrogen-bond donors (Lipinski definition) is 2. The van der Waals surface area contributed by atoms with Gasteiger partial charge in [-0.25, -0.2) is 10.1 Å². The van der Waals surface area contributed by atoms with Crippen LogP contribution in [0.4, 0.5) is 5.69 Å². The molecule has 0 aliphatic heterocycles. The van der Waals surface area contributed by atoms with Gasteiger partial charge in [-0.1, -0.05) is 47.5 Å². The largest absolute Gasteiger partial charge is 0.376 e. The molecule has 0 aliphatic rings. The van der Waals surface area contributed by atoms with Gasteiger partial charge in [0, 0.05) is 10.7 Å². The van der Waals surface area contributed by atoms with Gasteiger partial charge in [0.1, 0.15) is 5.15 Å². The molecule has 3 rings (SSSR count). The van der Waals surface area contributed by atoms with Crippen LogP contribution in [0.25, 0.3) is 5.69 Å². The molecule has 0 radical (unpaired) electrons. The molecule has 2 aromatic carbocycles. The molecule has 0 fully saturated rings. The molecule has 0 bridgehead atoms. The van der Waals surface area contributed by atoms with E-state index in [1.54, 1.807) is 16.8 Å². The topological polar surface area (TPSA) is 71.3 Å². The van der Waals surface area contributed by atoms with Crippen molar-refractivity contribution in [3.05, 3.63) is 76.0 Å². The van der Waals surface area contributed by atoms with Crippen LogP contribution in [0.1, 0.15) is 11.3 Å². The highest BCUT2D eigenvalue weighted by Gasteiger charge is 2.13. The summed E-state index contributed by atoms with van der Waals surface area (Å²) in [5.41, 5.74) is 5.37. The smallest absolute Gasteiger partial charge is 0.259 e. The SMILES string of the molecule is Cc1nn(-c2cccc(Cl)c2)c(Cl)c1/C=N\NC(=O)CNc1ccccc1. The molecule has 27 heavy (non-hydrogen) atoms. The zero-order chi connectivity index (χ0) is 19.2. The van der Waals surface area contributed by atoms with Crippen molar-refractivity contribution in [3.8, 4) is 5.69 Å². The average Bonchev–Trinajstić information content (AvgIpc) is 2.95. The molecular weight excluding hydrogens is 385 g/mol. The van der Waals surface area contributed by atoms with Gasteiger partial charge in [-0.3, -0.25) is 4.79 Å². The summed E-state index contributed by atoms with van der Waals surface area (Å²) in [6.07, 6.45) is 1.48. The van der Waals surface area contributed by atoms with Crippen LogP contribution in [0.3, 0.4) is 0 Å². The highest BCUT2D eigenvalue weighted by atomic mass is 35.5. The minimum atomic E-state index is -0.272. The number of rotatable bonds is 6. The minimum absolute atomic E-state index is 0.107. The second-order valence-corrected chi connectivity index (χ2v) is 6.49. The Morgan fingerprint density at radius 1 is 1.19 bits per heavy atom. The molecule has 1 aromatic heterocycles. The van der Waals surface area contributed by atoms with Crippen LogP contribution >= 0.6 is 23.2 Å². The Labute approximate surface area is 166 Å². The van der Waals surface area contributed by atoms with E-state index in [0.29, 0.717) is 21.4 Å². The van der Waals surface area contributed by atoms with Crippen molar-refractivity contribution >= 4 is 41.0 Å². The Bertz CT molecular complexity index is 969. The lowest BCUT2D eigenvalue weighted by Gasteiger charge is -2.04. The summed E-state index contributed by atoms with van der Waals surface area (Å²) in [5.74, 6) is -0.272. The summed E-state index contributed by atoms with van der Waals surface area (Å²) >= 11 is 12.4. The van der Waals surface area contributed by atoms with E-state index in [-0.39, 0.29) is 12.5 Å². The maximum Gasteiger partial charge on any atom is 0.259 e. The van der Waals surface area contributed by atoms with Crippen LogP contribution in [0.2, 0.25) is 10.2 Å². The lowest BCUT2D eigenvalue weighted by Crippen LogP contribution is -2.25. The first kappa shape index (κ1) is 18.9. The summed E-state index contributed by atoms with van der Waals surface area (Å²) in [6.45, 7) is 1.92. The third kappa shape index (κ3) is 4.87. The van der Waals surface area contributed by atoms with Gasteiger partial charge in [-0.05, 0) is 37.3 Å². The standard InChI is InChI=1S/C19H17Cl2N5O/c1-13-17(19(21)26(25-13)16-9-5-6-14(20)10-16)11-23-24-18(27)12-22-15-7-3-2-4-8-15/h2-11,22H,12H2,1H3,(H,24,27)/b23-11-. The number of benzene rings is 2. The van der Waals surface area contributed by atoms with Gasteiger partial charge < -0.3 is 5.32 Å². The normalized spacial score (nSPS) is 10.9. The molecule has 0 aliphatic carbocycles. The highest BCUT2D eigenvalue weighted by molar-refractivity contribution is 6.32. The predicted octanol–water partition coefficient (Wildman–Crippen LogP) is 4.05. The van der Waals surface area contributed by atoms with E-state index >= 15 is 0 Å². The van der Waals surface area contributed by atoms with E-state index in [9.17, 15) is 4.79 Å². The second kappa shape index (κ2) is 8.70. The average molecular weight is 402 g/mol. The summed E-state index contributed by atoms with van der Waals surface area (Å²) in [4.78, 5) is 11.9. The van der Waals surface area contributed by atoms with Crippen molar-refractivity contribution in [3.63, 3.8) is 0 Å². The number of nitrogens with zero attached hydrogens (tertiary/aromatic N) is 3. The van der Waals surface area contributed by atoms with Crippen molar-refractivity contribution in [2.24, 2.45) is 5.10 Å². The molecular formula is C19H17Cl2N5O. The van der Waals surface area contributed by atoms with Gasteiger partial charge in [-0.15, -0.1) is 0 Å². The number of para-hydroxylation sites is 1. The maximum absolute atomic E-state index is 11.9. The quantitative estimate of drug-likeness (QED) is 0.483. The first-order chi connectivity index (χ1) is 13.0. The van der Waals surface area contributed by atoms with Crippen LogP contribution in [-0.2, 0) is 4.79 Å². The van der Waals surface area contributed by atoms with Gasteiger partial charge in [0.05, 0.1) is 29.7 Å². The highest BCUT2D eigenvalue weighted by Crippen LogP contribution is 2.23. The summed E-state index contributed by atoms with van der Waals surface area (Å²) < 4.78 is 1.57. The zero-order valence-corrected chi connectivity index (χ0v) is 16.0. The fourth-order valence-electron chi connectivity index (χ4n) is 2.38. The molecule has 0 saturated carbocycles. The number of anilines is 1. The number of nitrogens with one attached hydrogen (secondary N) is 2. The molecule has 1 amide bonds. The Kier molecular flexibility index (Phi) is 6.11. The van der Waals surface area contributed by atoms with E-state index in [0.717, 1.165) is 11.4 Å². The number of hydrogen-bond acceptors (Lipinski definition) is 4. The molecule has 1 heterocycles. The molecule has 2 N–H and O–H groups in total. The first-order valence-electron chi connectivity index (χ1n) is 8.16. The monoisotopic (exact) mass is 401 g/mol. The molecule has 8 heteroatoms. The Morgan fingerprint density at radius 2 is 1.96 bits per heavy atom. The van der Waals surface area contributed by atoms with Crippen LogP contribution in [0, 0.1) is 6.92 Å². The van der Waals surface area contributed by atoms with Crippen LogP contribution in [0.5, 0.6) is 0 Å². The molecule has 3 aromatic rings. The summed E-state index contributed by atoms with van der Waals surface area (Å²) in [7, 11) is 0. The number of aryl methyl sites for hydroxylation is 1. The minimum Gasteiger partial charge on any atom is -0.376 e. The number of amides is 1. The molecule has 6 nitrogen and oxygen atoms in total. The number of carbonyl (C=O) groups excluding carboxylic acids is 1. The van der Waals surface area contributed by atoms with Gasteiger partial charge in [0.2, 0.25) is 0 Å². The van der Waals surface area contributed by atoms with E-state index in [2.05, 4.69) is 20.9 Å². The van der Waals surface area contributed by atoms with Crippen molar-refractivity contribution in [1.82, 2.24) is 15.2 Å². The van der Waals surface area contributed by atoms with E-state index < -0.39 is 0 Å².